The van der Waals surface area contributed by atoms with E-state index in [9.17, 15) is 18.8 Å². The minimum Gasteiger partial charge on any atom is -0.496 e. The molecule has 146 valence electrons. The Labute approximate surface area is 160 Å². The van der Waals surface area contributed by atoms with Crippen LogP contribution < -0.4 is 15.4 Å². The Kier molecular flexibility index (Phi) is 5.00. The van der Waals surface area contributed by atoms with Gasteiger partial charge in [-0.1, -0.05) is 6.07 Å². The zero-order valence-electron chi connectivity index (χ0n) is 15.6. The Bertz CT molecular complexity index is 947. The largest absolute Gasteiger partial charge is 0.496 e. The molecule has 1 aromatic heterocycles. The highest BCUT2D eigenvalue weighted by atomic mass is 19.1. The fraction of sp³-hybridized carbons (Fsp3) is 0.263. The average Bonchev–Trinajstić information content (AvgIpc) is 2.87. The predicted octanol–water partition coefficient (Wildman–Crippen LogP) is 1.94. The number of nitrogens with zero attached hydrogens (tertiary/aromatic N) is 2. The summed E-state index contributed by atoms with van der Waals surface area (Å²) in [6.07, 6.45) is 0.951. The fourth-order valence-electron chi connectivity index (χ4n) is 3.00. The van der Waals surface area contributed by atoms with Crippen LogP contribution in [0.5, 0.6) is 5.75 Å². The average molecular weight is 386 g/mol. The molecule has 1 aliphatic heterocycles. The molecule has 1 fully saturated rings. The van der Waals surface area contributed by atoms with Gasteiger partial charge < -0.3 is 15.4 Å². The summed E-state index contributed by atoms with van der Waals surface area (Å²) in [5.74, 6) is -0.946. The van der Waals surface area contributed by atoms with E-state index in [-0.39, 0.29) is 5.82 Å². The van der Waals surface area contributed by atoms with Crippen molar-refractivity contribution in [1.29, 1.82) is 0 Å². The first-order valence-electron chi connectivity index (χ1n) is 8.45. The molecule has 0 saturated carbocycles. The number of aromatic nitrogens is 1. The Morgan fingerprint density at radius 2 is 2.07 bits per heavy atom. The Balaban J connectivity index is 1.76. The molecular formula is C19H19FN4O4. The molecule has 1 saturated heterocycles. The third-order valence-electron chi connectivity index (χ3n) is 4.54. The first-order chi connectivity index (χ1) is 13.2. The van der Waals surface area contributed by atoms with Gasteiger partial charge in [0.05, 0.1) is 13.3 Å². The zero-order chi connectivity index (χ0) is 20.5. The molecule has 8 nitrogen and oxygen atoms in total. The molecule has 4 amide bonds. The van der Waals surface area contributed by atoms with Gasteiger partial charge in [0, 0.05) is 0 Å². The van der Waals surface area contributed by atoms with E-state index in [1.807, 2.05) is 6.92 Å². The molecule has 3 rings (SSSR count). The fourth-order valence-corrected chi connectivity index (χ4v) is 3.00. The number of carbonyl (C=O) groups is 3. The number of halogens is 1. The van der Waals surface area contributed by atoms with Gasteiger partial charge in [0.25, 0.3) is 5.91 Å². The standard InChI is InChI=1S/C19H19FN4O4/c1-11-8-12(4-6-14(11)28-3)19(2)17(26)24(18(27)23-19)10-16(25)22-15-7-5-13(20)9-21-15/h4-9H,10H2,1-3H3,(H,23,27)(H,21,22,25). The second-order valence-corrected chi connectivity index (χ2v) is 6.54. The number of imide groups is 1. The number of hydrogen-bond donors (Lipinski definition) is 2. The summed E-state index contributed by atoms with van der Waals surface area (Å²) in [4.78, 5) is 42.0. The molecule has 0 spiro atoms. The summed E-state index contributed by atoms with van der Waals surface area (Å²) in [7, 11) is 1.54. The lowest BCUT2D eigenvalue weighted by Crippen LogP contribution is -2.42. The molecule has 1 aliphatic rings. The molecule has 2 N–H and O–H groups in total. The predicted molar refractivity (Wildman–Crippen MR) is 98.2 cm³/mol. The smallest absolute Gasteiger partial charge is 0.325 e. The number of aryl methyl sites for hydroxylation is 1. The van der Waals surface area contributed by atoms with Crippen molar-refractivity contribution in [2.24, 2.45) is 0 Å². The van der Waals surface area contributed by atoms with Gasteiger partial charge in [-0.05, 0) is 49.2 Å². The van der Waals surface area contributed by atoms with E-state index in [2.05, 4.69) is 15.6 Å². The van der Waals surface area contributed by atoms with E-state index in [1.165, 1.54) is 6.07 Å². The Morgan fingerprint density at radius 3 is 2.68 bits per heavy atom. The highest BCUT2D eigenvalue weighted by Gasteiger charge is 2.49. The van der Waals surface area contributed by atoms with Crippen LogP contribution in [0, 0.1) is 12.7 Å². The van der Waals surface area contributed by atoms with Gasteiger partial charge in [0.15, 0.2) is 0 Å². The van der Waals surface area contributed by atoms with Gasteiger partial charge in [0.1, 0.15) is 29.5 Å². The van der Waals surface area contributed by atoms with E-state index in [1.54, 1.807) is 32.2 Å². The topological polar surface area (TPSA) is 101 Å². The van der Waals surface area contributed by atoms with Crippen LogP contribution in [0.2, 0.25) is 0 Å². The van der Waals surface area contributed by atoms with Crippen LogP contribution in [0.25, 0.3) is 0 Å². The number of nitrogens with one attached hydrogen (secondary N) is 2. The quantitative estimate of drug-likeness (QED) is 0.765. The second kappa shape index (κ2) is 7.26. The van der Waals surface area contributed by atoms with Gasteiger partial charge in [-0.3, -0.25) is 14.5 Å². The van der Waals surface area contributed by atoms with Crippen LogP contribution in [0.4, 0.5) is 15.0 Å². The minimum absolute atomic E-state index is 0.118. The van der Waals surface area contributed by atoms with Crippen molar-refractivity contribution in [3.63, 3.8) is 0 Å². The van der Waals surface area contributed by atoms with E-state index >= 15 is 0 Å². The van der Waals surface area contributed by atoms with Gasteiger partial charge in [0.2, 0.25) is 5.91 Å². The van der Waals surface area contributed by atoms with Crippen LogP contribution in [0.3, 0.4) is 0 Å². The van der Waals surface area contributed by atoms with Crippen molar-refractivity contribution in [2.75, 3.05) is 19.0 Å². The van der Waals surface area contributed by atoms with Crippen LogP contribution in [-0.2, 0) is 15.1 Å². The maximum Gasteiger partial charge on any atom is 0.325 e. The maximum absolute atomic E-state index is 12.9. The number of anilines is 1. The van der Waals surface area contributed by atoms with Gasteiger partial charge >= 0.3 is 6.03 Å². The van der Waals surface area contributed by atoms with Gasteiger partial charge in [-0.15, -0.1) is 0 Å². The van der Waals surface area contributed by atoms with Gasteiger partial charge in [-0.25, -0.2) is 14.2 Å². The number of hydrogen-bond acceptors (Lipinski definition) is 5. The van der Waals surface area contributed by atoms with Crippen LogP contribution >= 0.6 is 0 Å². The first kappa shape index (κ1) is 19.3. The number of amides is 4. The monoisotopic (exact) mass is 386 g/mol. The molecule has 1 unspecified atom stereocenters. The molecule has 0 bridgehead atoms. The molecule has 28 heavy (non-hydrogen) atoms. The summed E-state index contributed by atoms with van der Waals surface area (Å²) in [6, 6.07) is 6.90. The normalized spacial score (nSPS) is 18.8. The molecule has 9 heteroatoms. The van der Waals surface area contributed by atoms with Crippen molar-refractivity contribution in [3.05, 3.63) is 53.5 Å². The number of urea groups is 1. The highest BCUT2D eigenvalue weighted by molar-refractivity contribution is 6.10. The number of methoxy groups -OCH3 is 1. The Morgan fingerprint density at radius 1 is 1.32 bits per heavy atom. The molecular weight excluding hydrogens is 367 g/mol. The lowest BCUT2D eigenvalue weighted by Gasteiger charge is -2.23. The lowest BCUT2D eigenvalue weighted by atomic mass is 9.90. The third kappa shape index (κ3) is 3.51. The van der Waals surface area contributed by atoms with E-state index in [4.69, 9.17) is 4.74 Å². The van der Waals surface area contributed by atoms with Crippen molar-refractivity contribution in [1.82, 2.24) is 15.2 Å². The number of pyridine rings is 1. The summed E-state index contributed by atoms with van der Waals surface area (Å²) < 4.78 is 18.1. The minimum atomic E-state index is -1.30. The lowest BCUT2D eigenvalue weighted by molar-refractivity contribution is -0.133. The van der Waals surface area contributed by atoms with Crippen LogP contribution in [-0.4, -0.2) is 41.4 Å². The Hall–Kier alpha value is -3.49. The van der Waals surface area contributed by atoms with Crippen molar-refractivity contribution in [2.45, 2.75) is 19.4 Å². The number of carbonyl (C=O) groups excluding carboxylic acids is 3. The molecule has 1 aromatic carbocycles. The summed E-state index contributed by atoms with van der Waals surface area (Å²) in [5, 5.41) is 5.06. The molecule has 1 atom stereocenters. The molecule has 2 heterocycles. The second-order valence-electron chi connectivity index (χ2n) is 6.54. The van der Waals surface area contributed by atoms with Crippen LogP contribution in [0.15, 0.2) is 36.5 Å². The number of rotatable bonds is 5. The van der Waals surface area contributed by atoms with E-state index in [0.29, 0.717) is 11.3 Å². The third-order valence-corrected chi connectivity index (χ3v) is 4.54. The molecule has 2 aromatic rings. The zero-order valence-corrected chi connectivity index (χ0v) is 15.6. The first-order valence-corrected chi connectivity index (χ1v) is 8.45. The number of benzene rings is 1. The maximum atomic E-state index is 12.9. The molecule has 0 aliphatic carbocycles. The van der Waals surface area contributed by atoms with E-state index < -0.39 is 35.7 Å². The van der Waals surface area contributed by atoms with Crippen molar-refractivity contribution < 1.29 is 23.5 Å². The van der Waals surface area contributed by atoms with Crippen molar-refractivity contribution in [3.8, 4) is 5.75 Å². The number of ether oxygens (including phenoxy) is 1. The summed E-state index contributed by atoms with van der Waals surface area (Å²) >= 11 is 0. The SMILES string of the molecule is COc1ccc(C2(C)NC(=O)N(CC(=O)Nc3ccc(F)cn3)C2=O)cc1C. The summed E-state index contributed by atoms with van der Waals surface area (Å²) in [6.45, 7) is 2.91. The van der Waals surface area contributed by atoms with E-state index in [0.717, 1.165) is 22.7 Å². The van der Waals surface area contributed by atoms with Crippen LogP contribution in [0.1, 0.15) is 18.1 Å². The van der Waals surface area contributed by atoms with Crippen molar-refractivity contribution >= 4 is 23.7 Å². The molecule has 0 radical (unpaired) electrons. The summed E-state index contributed by atoms with van der Waals surface area (Å²) in [5.41, 5.74) is 0.0804. The van der Waals surface area contributed by atoms with Gasteiger partial charge in [-0.2, -0.15) is 0 Å². The highest BCUT2D eigenvalue weighted by Crippen LogP contribution is 2.31.